The van der Waals surface area contributed by atoms with E-state index in [1.54, 1.807) is 31.4 Å². The van der Waals surface area contributed by atoms with Crippen LogP contribution in [0.5, 0.6) is 11.5 Å². The van der Waals surface area contributed by atoms with Crippen LogP contribution in [-0.4, -0.2) is 65.1 Å². The van der Waals surface area contributed by atoms with E-state index in [1.807, 2.05) is 0 Å². The zero-order valence-electron chi connectivity index (χ0n) is 22.3. The highest BCUT2D eigenvalue weighted by atomic mass is 32.2. The smallest absolute Gasteiger partial charge is 0.258 e. The number of ether oxygens (including phenoxy) is 3. The number of methoxy groups -OCH3 is 2. The van der Waals surface area contributed by atoms with Crippen LogP contribution in [0, 0.1) is 0 Å². The van der Waals surface area contributed by atoms with Gasteiger partial charge in [0.2, 0.25) is 10.0 Å². The van der Waals surface area contributed by atoms with Crippen molar-refractivity contribution in [1.82, 2.24) is 4.31 Å². The summed E-state index contributed by atoms with van der Waals surface area (Å²) in [5.74, 6) is -0.00842. The van der Waals surface area contributed by atoms with Crippen molar-refractivity contribution >= 4 is 43.9 Å². The van der Waals surface area contributed by atoms with Crippen molar-refractivity contribution in [3.63, 3.8) is 0 Å². The first-order chi connectivity index (χ1) is 19.3. The van der Waals surface area contributed by atoms with Crippen molar-refractivity contribution < 1.29 is 32.2 Å². The normalized spacial score (nSPS) is 15.7. The second-order valence-corrected chi connectivity index (χ2v) is 12.4. The average molecular weight is 586 g/mol. The molecular weight excluding hydrogens is 554 g/mol. The minimum atomic E-state index is -3.92. The van der Waals surface area contributed by atoms with Gasteiger partial charge in [0.25, 0.3) is 11.8 Å². The Morgan fingerprint density at radius 2 is 1.65 bits per heavy atom. The number of morpholine rings is 1. The number of carbonyl (C=O) groups excluding carboxylic acids is 2. The molecule has 1 aliphatic carbocycles. The van der Waals surface area contributed by atoms with E-state index >= 15 is 0 Å². The van der Waals surface area contributed by atoms with Gasteiger partial charge in [0, 0.05) is 29.2 Å². The van der Waals surface area contributed by atoms with E-state index in [2.05, 4.69) is 10.6 Å². The summed E-state index contributed by atoms with van der Waals surface area (Å²) in [6, 6.07) is 11.3. The summed E-state index contributed by atoms with van der Waals surface area (Å²) in [6.45, 7) is 1.03. The maximum atomic E-state index is 13.5. The molecule has 2 aliphatic rings. The van der Waals surface area contributed by atoms with Crippen LogP contribution in [0.1, 0.15) is 44.0 Å². The highest BCUT2D eigenvalue weighted by Gasteiger charge is 2.31. The van der Waals surface area contributed by atoms with E-state index in [4.69, 9.17) is 14.2 Å². The molecule has 0 spiro atoms. The van der Waals surface area contributed by atoms with Crippen molar-refractivity contribution in [2.75, 3.05) is 51.2 Å². The van der Waals surface area contributed by atoms with Crippen LogP contribution in [0.2, 0.25) is 0 Å². The lowest BCUT2D eigenvalue weighted by molar-refractivity contribution is 0.0729. The Labute approximate surface area is 237 Å². The number of aryl methyl sites for hydroxylation is 1. The molecule has 1 saturated heterocycles. The molecule has 0 unspecified atom stereocenters. The zero-order chi connectivity index (χ0) is 28.3. The lowest BCUT2D eigenvalue weighted by Crippen LogP contribution is -2.40. The summed E-state index contributed by atoms with van der Waals surface area (Å²) in [6.07, 6.45) is 3.56. The SMILES string of the molecule is COc1ccc(NC(=O)c2c(NC(=O)c3ccc(OC)c(S(=O)(=O)N4CCOCC4)c3)sc3c2CCCC3)cc1. The number of carbonyl (C=O) groups is 2. The molecule has 0 bridgehead atoms. The molecule has 1 fully saturated rings. The van der Waals surface area contributed by atoms with Crippen molar-refractivity contribution in [2.24, 2.45) is 0 Å². The van der Waals surface area contributed by atoms with Crippen LogP contribution in [0.4, 0.5) is 10.7 Å². The number of fused-ring (bicyclic) bond motifs is 1. The maximum Gasteiger partial charge on any atom is 0.258 e. The predicted octanol–water partition coefficient (Wildman–Crippen LogP) is 4.17. The number of thiophene rings is 1. The van der Waals surface area contributed by atoms with E-state index in [1.165, 1.54) is 41.0 Å². The standard InChI is InChI=1S/C28H31N3O7S2/c1-36-20-10-8-19(9-11-20)29-27(33)25-21-5-3-4-6-23(21)39-28(25)30-26(32)18-7-12-22(37-2)24(17-18)40(34,35)31-13-15-38-16-14-31/h7-12,17H,3-6,13-16H2,1-2H3,(H,29,33)(H,30,32). The van der Waals surface area contributed by atoms with Gasteiger partial charge in [0.15, 0.2) is 0 Å². The highest BCUT2D eigenvalue weighted by Crippen LogP contribution is 2.39. The Kier molecular flexibility index (Phi) is 8.40. The number of hydrogen-bond acceptors (Lipinski definition) is 8. The molecule has 12 heteroatoms. The minimum absolute atomic E-state index is 0.0903. The number of rotatable bonds is 8. The van der Waals surface area contributed by atoms with Crippen LogP contribution in [0.15, 0.2) is 47.4 Å². The molecule has 0 atom stereocenters. The predicted molar refractivity (Wildman–Crippen MR) is 152 cm³/mol. The van der Waals surface area contributed by atoms with E-state index < -0.39 is 15.9 Å². The van der Waals surface area contributed by atoms with Gasteiger partial charge in [0.05, 0.1) is 33.0 Å². The third-order valence-electron chi connectivity index (χ3n) is 6.99. The number of nitrogens with zero attached hydrogens (tertiary/aromatic N) is 1. The lowest BCUT2D eigenvalue weighted by atomic mass is 9.95. The molecule has 1 aliphatic heterocycles. The fraction of sp³-hybridized carbons (Fsp3) is 0.357. The van der Waals surface area contributed by atoms with E-state index in [-0.39, 0.29) is 35.2 Å². The third kappa shape index (κ3) is 5.71. The van der Waals surface area contributed by atoms with Gasteiger partial charge in [-0.1, -0.05) is 0 Å². The van der Waals surface area contributed by atoms with Gasteiger partial charge >= 0.3 is 0 Å². The Bertz CT molecular complexity index is 1510. The van der Waals surface area contributed by atoms with Gasteiger partial charge in [-0.15, -0.1) is 11.3 Å². The minimum Gasteiger partial charge on any atom is -0.497 e. The molecule has 0 radical (unpaired) electrons. The van der Waals surface area contributed by atoms with Crippen LogP contribution >= 0.6 is 11.3 Å². The lowest BCUT2D eigenvalue weighted by Gasteiger charge is -2.26. The first-order valence-corrected chi connectivity index (χ1v) is 15.2. The molecular formula is C28H31N3O7S2. The van der Waals surface area contributed by atoms with Gasteiger partial charge < -0.3 is 24.8 Å². The Balaban J connectivity index is 1.44. The molecule has 1 aromatic heterocycles. The molecule has 212 valence electrons. The summed E-state index contributed by atoms with van der Waals surface area (Å²) >= 11 is 1.39. The molecule has 3 aromatic rings. The summed E-state index contributed by atoms with van der Waals surface area (Å²) < 4.78 is 43.9. The quantitative estimate of drug-likeness (QED) is 0.407. The van der Waals surface area contributed by atoms with Gasteiger partial charge in [-0.2, -0.15) is 4.31 Å². The molecule has 2 heterocycles. The topological polar surface area (TPSA) is 123 Å². The first-order valence-electron chi connectivity index (χ1n) is 13.0. The average Bonchev–Trinajstić information content (AvgIpc) is 3.35. The first kappa shape index (κ1) is 28.1. The third-order valence-corrected chi connectivity index (χ3v) is 10.1. The summed E-state index contributed by atoms with van der Waals surface area (Å²) in [7, 11) is -0.960. The maximum absolute atomic E-state index is 13.5. The Morgan fingerprint density at radius 3 is 2.35 bits per heavy atom. The summed E-state index contributed by atoms with van der Waals surface area (Å²) in [5.41, 5.74) is 2.13. The summed E-state index contributed by atoms with van der Waals surface area (Å²) in [4.78, 5) is 27.9. The van der Waals surface area contributed by atoms with Gasteiger partial charge in [-0.25, -0.2) is 8.42 Å². The second kappa shape index (κ2) is 12.0. The second-order valence-electron chi connectivity index (χ2n) is 9.43. The van der Waals surface area contributed by atoms with E-state index in [0.717, 1.165) is 36.1 Å². The number of hydrogen-bond donors (Lipinski definition) is 2. The van der Waals surface area contributed by atoms with Crippen molar-refractivity contribution in [1.29, 1.82) is 0 Å². The van der Waals surface area contributed by atoms with Crippen molar-refractivity contribution in [3.05, 3.63) is 64.0 Å². The fourth-order valence-corrected chi connectivity index (χ4v) is 7.75. The molecule has 2 N–H and O–H groups in total. The summed E-state index contributed by atoms with van der Waals surface area (Å²) in [5, 5.41) is 6.26. The van der Waals surface area contributed by atoms with Crippen molar-refractivity contribution in [3.8, 4) is 11.5 Å². The van der Waals surface area contributed by atoms with Crippen LogP contribution in [0.25, 0.3) is 0 Å². The zero-order valence-corrected chi connectivity index (χ0v) is 24.0. The molecule has 2 aromatic carbocycles. The van der Waals surface area contributed by atoms with Crippen molar-refractivity contribution in [2.45, 2.75) is 30.6 Å². The monoisotopic (exact) mass is 585 g/mol. The molecule has 5 rings (SSSR count). The van der Waals surface area contributed by atoms with Gasteiger partial charge in [0.1, 0.15) is 21.4 Å². The number of benzene rings is 2. The molecule has 2 amide bonds. The number of sulfonamides is 1. The van der Waals surface area contributed by atoms with Gasteiger partial charge in [-0.3, -0.25) is 9.59 Å². The van der Waals surface area contributed by atoms with Crippen LogP contribution < -0.4 is 20.1 Å². The van der Waals surface area contributed by atoms with Crippen LogP contribution in [0.3, 0.4) is 0 Å². The van der Waals surface area contributed by atoms with Gasteiger partial charge in [-0.05, 0) is 73.7 Å². The Morgan fingerprint density at radius 1 is 0.925 bits per heavy atom. The molecule has 10 nitrogen and oxygen atoms in total. The number of amides is 2. The Hall–Kier alpha value is -3.45. The van der Waals surface area contributed by atoms with E-state index in [9.17, 15) is 18.0 Å². The molecule has 0 saturated carbocycles. The van der Waals surface area contributed by atoms with Crippen LogP contribution in [-0.2, 0) is 27.6 Å². The number of anilines is 2. The fourth-order valence-electron chi connectivity index (χ4n) is 4.88. The highest BCUT2D eigenvalue weighted by molar-refractivity contribution is 7.89. The van der Waals surface area contributed by atoms with E-state index in [0.29, 0.717) is 35.2 Å². The number of nitrogens with one attached hydrogen (secondary N) is 2. The largest absolute Gasteiger partial charge is 0.497 e. The molecule has 40 heavy (non-hydrogen) atoms.